The highest BCUT2D eigenvalue weighted by Gasteiger charge is 2.21. The summed E-state index contributed by atoms with van der Waals surface area (Å²) in [7, 11) is -3.67. The fourth-order valence-corrected chi connectivity index (χ4v) is 3.81. The number of benzene rings is 2. The molecular formula is C24H29N5O5S. The first-order valence-corrected chi connectivity index (χ1v) is 12.9. The Morgan fingerprint density at radius 2 is 1.83 bits per heavy atom. The quantitative estimate of drug-likeness (QED) is 0.434. The van der Waals surface area contributed by atoms with Gasteiger partial charge >= 0.3 is 0 Å². The number of aromatic amines is 1. The Kier molecular flexibility index (Phi) is 8.70. The maximum absolute atomic E-state index is 12.6. The molecular weight excluding hydrogens is 470 g/mol. The smallest absolute Gasteiger partial charge is 0.261 e. The third-order valence-corrected chi connectivity index (χ3v) is 5.51. The minimum Gasteiger partial charge on any atom is -0.484 e. The van der Waals surface area contributed by atoms with Crippen molar-refractivity contribution < 1.29 is 22.5 Å². The molecule has 11 heteroatoms. The average Bonchev–Trinajstić information content (AvgIpc) is 3.24. The summed E-state index contributed by atoms with van der Waals surface area (Å²) in [4.78, 5) is 19.9. The number of nitrogens with zero attached hydrogens (tertiary/aromatic N) is 3. The number of hydrogen-bond donors (Lipinski definition) is 3. The Labute approximate surface area is 204 Å². The number of piperazine rings is 1. The molecule has 4 rings (SSSR count). The third kappa shape index (κ3) is 7.71. The van der Waals surface area contributed by atoms with E-state index in [1.807, 2.05) is 53.6 Å². The molecule has 3 aromatic rings. The van der Waals surface area contributed by atoms with Gasteiger partial charge in [0, 0.05) is 49.0 Å². The number of ether oxygens (including phenoxy) is 1. The van der Waals surface area contributed by atoms with Gasteiger partial charge in [-0.05, 0) is 61.0 Å². The number of carbonyl (C=O) groups is 1. The number of aromatic nitrogens is 1. The van der Waals surface area contributed by atoms with E-state index in [1.54, 1.807) is 0 Å². The molecule has 1 amide bonds. The Morgan fingerprint density at radius 3 is 2.43 bits per heavy atom. The van der Waals surface area contributed by atoms with E-state index in [0.717, 1.165) is 41.7 Å². The number of rotatable bonds is 6. The second kappa shape index (κ2) is 11.7. The Balaban J connectivity index is 0.000000623. The molecule has 0 spiro atoms. The van der Waals surface area contributed by atoms with E-state index < -0.39 is 10.1 Å². The Bertz CT molecular complexity index is 1280. The molecule has 1 aliphatic rings. The van der Waals surface area contributed by atoms with Gasteiger partial charge in [-0.15, -0.1) is 0 Å². The normalized spacial score (nSPS) is 13.7. The number of hydrogen-bond acceptors (Lipinski definition) is 7. The molecule has 186 valence electrons. The van der Waals surface area contributed by atoms with Crippen LogP contribution in [0.1, 0.15) is 11.1 Å². The molecule has 1 fully saturated rings. The van der Waals surface area contributed by atoms with Crippen molar-refractivity contribution in [2.24, 2.45) is 5.73 Å². The second-order valence-electron chi connectivity index (χ2n) is 8.11. The topological polar surface area (TPSA) is 153 Å². The lowest BCUT2D eigenvalue weighted by Gasteiger charge is -2.36. The number of fused-ring (bicyclic) bond motifs is 1. The standard InChI is InChI=1S/C23H25N5O2.CH4O3S/c24-8-7-18-15-26-22-6-5-20(13-21(18)22)30-16-23(29)28-11-9-27(10-12-28)19-3-1-17(14-25)2-4-19;1-5(2,3)4/h1-6,13,15,26H,7-12,16,24H2;1H3,(H,2,3,4). The van der Waals surface area contributed by atoms with Crippen molar-refractivity contribution in [1.82, 2.24) is 9.88 Å². The van der Waals surface area contributed by atoms with Crippen molar-refractivity contribution >= 4 is 32.6 Å². The molecule has 0 radical (unpaired) electrons. The maximum Gasteiger partial charge on any atom is 0.261 e. The van der Waals surface area contributed by atoms with Crippen LogP contribution in [0, 0.1) is 11.3 Å². The van der Waals surface area contributed by atoms with Crippen LogP contribution < -0.4 is 15.4 Å². The van der Waals surface area contributed by atoms with Crippen LogP contribution in [0.3, 0.4) is 0 Å². The minimum absolute atomic E-state index is 0.00849. The van der Waals surface area contributed by atoms with E-state index in [2.05, 4.69) is 16.0 Å². The number of anilines is 1. The van der Waals surface area contributed by atoms with Crippen molar-refractivity contribution in [2.75, 3.05) is 50.5 Å². The summed E-state index contributed by atoms with van der Waals surface area (Å²) < 4.78 is 31.7. The molecule has 1 aromatic heterocycles. The Morgan fingerprint density at radius 1 is 1.17 bits per heavy atom. The first kappa shape index (κ1) is 26.0. The lowest BCUT2D eigenvalue weighted by molar-refractivity contribution is -0.133. The lowest BCUT2D eigenvalue weighted by Crippen LogP contribution is -2.50. The highest BCUT2D eigenvalue weighted by atomic mass is 32.2. The molecule has 0 unspecified atom stereocenters. The maximum atomic E-state index is 12.6. The van der Waals surface area contributed by atoms with Gasteiger partial charge in [-0.3, -0.25) is 9.35 Å². The summed E-state index contributed by atoms with van der Waals surface area (Å²) in [6.07, 6.45) is 3.48. The zero-order chi connectivity index (χ0) is 25.4. The average molecular weight is 500 g/mol. The number of nitriles is 1. The molecule has 1 saturated heterocycles. The van der Waals surface area contributed by atoms with Gasteiger partial charge < -0.3 is 25.3 Å². The zero-order valence-electron chi connectivity index (χ0n) is 19.5. The summed E-state index contributed by atoms with van der Waals surface area (Å²) in [6, 6.07) is 15.5. The summed E-state index contributed by atoms with van der Waals surface area (Å²) in [6.45, 7) is 3.44. The van der Waals surface area contributed by atoms with Crippen molar-refractivity contribution in [1.29, 1.82) is 5.26 Å². The molecule has 0 aliphatic carbocycles. The van der Waals surface area contributed by atoms with Gasteiger partial charge in [-0.1, -0.05) is 0 Å². The molecule has 4 N–H and O–H groups in total. The van der Waals surface area contributed by atoms with E-state index in [0.29, 0.717) is 37.2 Å². The van der Waals surface area contributed by atoms with Crippen LogP contribution in [-0.2, 0) is 21.3 Å². The summed E-state index contributed by atoms with van der Waals surface area (Å²) in [5, 5.41) is 10.0. The fraction of sp³-hybridized carbons (Fsp3) is 0.333. The zero-order valence-corrected chi connectivity index (χ0v) is 20.3. The van der Waals surface area contributed by atoms with Crippen LogP contribution in [0.4, 0.5) is 5.69 Å². The molecule has 0 saturated carbocycles. The van der Waals surface area contributed by atoms with Crippen LogP contribution in [0.15, 0.2) is 48.7 Å². The molecule has 0 bridgehead atoms. The first-order chi connectivity index (χ1) is 16.7. The van der Waals surface area contributed by atoms with Crippen molar-refractivity contribution in [2.45, 2.75) is 6.42 Å². The highest BCUT2D eigenvalue weighted by molar-refractivity contribution is 7.85. The summed E-state index contributed by atoms with van der Waals surface area (Å²) >= 11 is 0. The minimum atomic E-state index is -3.67. The molecule has 2 aromatic carbocycles. The van der Waals surface area contributed by atoms with E-state index in [9.17, 15) is 13.2 Å². The predicted molar refractivity (Wildman–Crippen MR) is 134 cm³/mol. The number of H-pyrrole nitrogens is 1. The number of nitrogens with two attached hydrogens (primary N) is 1. The monoisotopic (exact) mass is 499 g/mol. The SMILES string of the molecule is CS(=O)(=O)O.N#Cc1ccc(N2CCN(C(=O)COc3ccc4[nH]cc(CCN)c4c3)CC2)cc1. The van der Waals surface area contributed by atoms with Gasteiger partial charge in [0.1, 0.15) is 5.75 Å². The molecule has 35 heavy (non-hydrogen) atoms. The van der Waals surface area contributed by atoms with E-state index in [4.69, 9.17) is 20.3 Å². The van der Waals surface area contributed by atoms with Crippen LogP contribution in [-0.4, -0.2) is 74.3 Å². The van der Waals surface area contributed by atoms with Crippen molar-refractivity contribution in [3.05, 3.63) is 59.8 Å². The highest BCUT2D eigenvalue weighted by Crippen LogP contribution is 2.24. The fourth-order valence-electron chi connectivity index (χ4n) is 3.81. The van der Waals surface area contributed by atoms with Gasteiger partial charge in [0.2, 0.25) is 0 Å². The predicted octanol–water partition coefficient (Wildman–Crippen LogP) is 1.77. The van der Waals surface area contributed by atoms with Crippen molar-refractivity contribution in [3.63, 3.8) is 0 Å². The van der Waals surface area contributed by atoms with Gasteiger partial charge in [-0.25, -0.2) is 0 Å². The van der Waals surface area contributed by atoms with Gasteiger partial charge in [0.15, 0.2) is 6.61 Å². The van der Waals surface area contributed by atoms with E-state index in [-0.39, 0.29) is 12.5 Å². The van der Waals surface area contributed by atoms with Gasteiger partial charge in [0.05, 0.1) is 17.9 Å². The van der Waals surface area contributed by atoms with Crippen molar-refractivity contribution in [3.8, 4) is 11.8 Å². The van der Waals surface area contributed by atoms with Crippen LogP contribution >= 0.6 is 0 Å². The molecule has 1 aliphatic heterocycles. The summed E-state index contributed by atoms with van der Waals surface area (Å²) in [5.41, 5.74) is 9.60. The molecule has 10 nitrogen and oxygen atoms in total. The van der Waals surface area contributed by atoms with Gasteiger partial charge in [0.25, 0.3) is 16.0 Å². The number of carbonyl (C=O) groups excluding carboxylic acids is 1. The number of amides is 1. The molecule has 0 atom stereocenters. The van der Waals surface area contributed by atoms with E-state index in [1.165, 1.54) is 0 Å². The lowest BCUT2D eigenvalue weighted by atomic mass is 10.1. The molecule has 2 heterocycles. The third-order valence-electron chi connectivity index (χ3n) is 5.51. The Hall–Kier alpha value is -3.59. The van der Waals surface area contributed by atoms with Crippen LogP contribution in [0.25, 0.3) is 10.9 Å². The largest absolute Gasteiger partial charge is 0.484 e. The number of nitrogens with one attached hydrogen (secondary N) is 1. The second-order valence-corrected chi connectivity index (χ2v) is 9.57. The van der Waals surface area contributed by atoms with E-state index >= 15 is 0 Å². The van der Waals surface area contributed by atoms with Crippen LogP contribution in [0.5, 0.6) is 5.75 Å². The van der Waals surface area contributed by atoms with Crippen LogP contribution in [0.2, 0.25) is 0 Å². The van der Waals surface area contributed by atoms with Gasteiger partial charge in [-0.2, -0.15) is 13.7 Å². The summed E-state index contributed by atoms with van der Waals surface area (Å²) in [5.74, 6) is 0.677. The first-order valence-electron chi connectivity index (χ1n) is 11.1.